The average Bonchev–Trinajstić information content (AvgIpc) is 3.10. The summed E-state index contributed by atoms with van der Waals surface area (Å²) in [5.41, 5.74) is -1.29. The molecule has 2 aromatic carbocycles. The van der Waals surface area contributed by atoms with Crippen molar-refractivity contribution in [3.63, 3.8) is 0 Å². The van der Waals surface area contributed by atoms with E-state index in [0.717, 1.165) is 36.4 Å². The summed E-state index contributed by atoms with van der Waals surface area (Å²) in [7, 11) is 0. The number of alkyl halides is 3. The van der Waals surface area contributed by atoms with Gasteiger partial charge in [0.25, 0.3) is 5.91 Å². The summed E-state index contributed by atoms with van der Waals surface area (Å²) in [5.74, 6) is -2.08. The minimum Gasteiger partial charge on any atom is -0.310 e. The van der Waals surface area contributed by atoms with Gasteiger partial charge < -0.3 is 5.32 Å². The van der Waals surface area contributed by atoms with Gasteiger partial charge in [0, 0.05) is 11.0 Å². The lowest BCUT2D eigenvalue weighted by Crippen LogP contribution is -2.32. The Morgan fingerprint density at radius 3 is 2.26 bits per heavy atom. The zero-order valence-electron chi connectivity index (χ0n) is 18.3. The number of nitrogens with zero attached hydrogens (tertiary/aromatic N) is 2. The number of aliphatic imine (C=N–C) groups is 1. The van der Waals surface area contributed by atoms with Gasteiger partial charge in [0.1, 0.15) is 17.3 Å². The predicted molar refractivity (Wildman–Crippen MR) is 118 cm³/mol. The molecular weight excluding hydrogens is 479 g/mol. The molecule has 1 heterocycles. The smallest absolute Gasteiger partial charge is 0.310 e. The third kappa shape index (κ3) is 5.99. The fourth-order valence-corrected chi connectivity index (χ4v) is 3.20. The number of rotatable bonds is 4. The molecule has 3 aromatic rings. The van der Waals surface area contributed by atoms with Crippen molar-refractivity contribution in [1.29, 1.82) is 0 Å². The summed E-state index contributed by atoms with van der Waals surface area (Å²) < 4.78 is 66.7. The van der Waals surface area contributed by atoms with E-state index in [1.54, 1.807) is 20.8 Å². The second kappa shape index (κ2) is 9.54. The quantitative estimate of drug-likeness (QED) is 0.249. The number of H-pyrrole nitrogens is 1. The van der Waals surface area contributed by atoms with Gasteiger partial charge in [0.2, 0.25) is 0 Å². The van der Waals surface area contributed by atoms with Crippen molar-refractivity contribution in [2.75, 3.05) is 0 Å². The molecule has 0 unspecified atom stereocenters. The van der Waals surface area contributed by atoms with Crippen LogP contribution in [0.25, 0.3) is 0 Å². The monoisotopic (exact) mass is 498 g/mol. The van der Waals surface area contributed by atoms with E-state index in [2.05, 4.69) is 20.5 Å². The summed E-state index contributed by atoms with van der Waals surface area (Å²) in [6.45, 7) is 5.32. The van der Waals surface area contributed by atoms with E-state index >= 15 is 0 Å². The van der Waals surface area contributed by atoms with Crippen molar-refractivity contribution in [2.45, 2.75) is 38.8 Å². The Morgan fingerprint density at radius 2 is 1.74 bits per heavy atom. The molecule has 2 N–H and O–H groups in total. The first kappa shape index (κ1) is 25.4. The molecule has 0 atom stereocenters. The Hall–Kier alpha value is -3.27. The molecule has 1 aromatic heterocycles. The lowest BCUT2D eigenvalue weighted by Gasteiger charge is -2.14. The normalized spacial score (nSPS) is 12.7. The van der Waals surface area contributed by atoms with Gasteiger partial charge in [0.15, 0.2) is 5.82 Å². The molecule has 0 spiro atoms. The maximum absolute atomic E-state index is 14.9. The van der Waals surface area contributed by atoms with Crippen LogP contribution < -0.4 is 5.32 Å². The van der Waals surface area contributed by atoms with Crippen molar-refractivity contribution in [1.82, 2.24) is 15.5 Å². The molecule has 34 heavy (non-hydrogen) atoms. The van der Waals surface area contributed by atoms with Gasteiger partial charge in [-0.1, -0.05) is 32.4 Å². The van der Waals surface area contributed by atoms with Gasteiger partial charge >= 0.3 is 6.18 Å². The molecule has 3 rings (SSSR count). The minimum absolute atomic E-state index is 0.0228. The van der Waals surface area contributed by atoms with E-state index in [0.29, 0.717) is 0 Å². The van der Waals surface area contributed by atoms with Gasteiger partial charge in [-0.15, -0.1) is 0 Å². The number of nitrogens with one attached hydrogen (secondary N) is 2. The average molecular weight is 499 g/mol. The molecule has 0 fully saturated rings. The molecule has 0 aliphatic rings. The molecule has 0 saturated heterocycles. The molecular formula is C23H20ClF5N4O. The Bertz CT molecular complexity index is 1230. The number of benzene rings is 2. The number of aromatic nitrogens is 2. The van der Waals surface area contributed by atoms with Crippen molar-refractivity contribution in [3.8, 4) is 0 Å². The zero-order valence-corrected chi connectivity index (χ0v) is 19.1. The number of carbonyl (C=O) groups is 1. The van der Waals surface area contributed by atoms with Crippen LogP contribution in [0, 0.1) is 11.6 Å². The molecule has 0 radical (unpaired) electrons. The van der Waals surface area contributed by atoms with E-state index in [4.69, 9.17) is 11.6 Å². The number of amidine groups is 1. The van der Waals surface area contributed by atoms with E-state index in [1.807, 2.05) is 0 Å². The standard InChI is InChI=1S/C23H20ClF5N4O/c1-22(2,3)20-19(26)17(32-33-20)11-18(30-16-9-8-14(25)10-15(16)24)31-21(34)12-4-6-13(7-5-12)23(27,28)29/h4-10H,11H2,1-3H3,(H,32,33)(H,30,31,34). The van der Waals surface area contributed by atoms with Gasteiger partial charge in [-0.3, -0.25) is 9.89 Å². The Labute approximate surface area is 197 Å². The Kier molecular flexibility index (Phi) is 7.11. The van der Waals surface area contributed by atoms with Gasteiger partial charge in [0.05, 0.1) is 28.4 Å². The van der Waals surface area contributed by atoms with E-state index < -0.39 is 34.7 Å². The van der Waals surface area contributed by atoms with E-state index in [1.165, 1.54) is 6.07 Å². The Morgan fingerprint density at radius 1 is 1.09 bits per heavy atom. The number of hydrogen-bond donors (Lipinski definition) is 2. The van der Waals surface area contributed by atoms with Crippen LogP contribution in [0.5, 0.6) is 0 Å². The number of aromatic amines is 1. The minimum atomic E-state index is -4.55. The third-order valence-electron chi connectivity index (χ3n) is 4.73. The highest BCUT2D eigenvalue weighted by atomic mass is 35.5. The number of carbonyl (C=O) groups excluding carboxylic acids is 1. The van der Waals surface area contributed by atoms with Crippen LogP contribution in [-0.4, -0.2) is 21.9 Å². The summed E-state index contributed by atoms with van der Waals surface area (Å²) in [6, 6.07) is 6.95. The fraction of sp³-hybridized carbons (Fsp3) is 0.261. The van der Waals surface area contributed by atoms with Crippen molar-refractivity contribution in [2.24, 2.45) is 4.99 Å². The second-order valence-electron chi connectivity index (χ2n) is 8.47. The van der Waals surface area contributed by atoms with Crippen LogP contribution in [0.2, 0.25) is 5.02 Å². The fourth-order valence-electron chi connectivity index (χ4n) is 2.99. The first-order chi connectivity index (χ1) is 15.8. The van der Waals surface area contributed by atoms with Gasteiger partial charge in [-0.2, -0.15) is 18.3 Å². The number of amides is 1. The first-order valence-electron chi connectivity index (χ1n) is 10.00. The third-order valence-corrected chi connectivity index (χ3v) is 5.03. The maximum Gasteiger partial charge on any atom is 0.416 e. The topological polar surface area (TPSA) is 70.1 Å². The largest absolute Gasteiger partial charge is 0.416 e. The van der Waals surface area contributed by atoms with Crippen LogP contribution in [0.1, 0.15) is 48.1 Å². The van der Waals surface area contributed by atoms with Crippen LogP contribution in [-0.2, 0) is 18.0 Å². The Balaban J connectivity index is 1.94. The van der Waals surface area contributed by atoms with Crippen LogP contribution in [0.15, 0.2) is 47.5 Å². The van der Waals surface area contributed by atoms with Gasteiger partial charge in [-0.25, -0.2) is 13.8 Å². The molecule has 0 bridgehead atoms. The van der Waals surface area contributed by atoms with Crippen LogP contribution in [0.3, 0.4) is 0 Å². The summed E-state index contributed by atoms with van der Waals surface area (Å²) >= 11 is 6.02. The molecule has 1 amide bonds. The van der Waals surface area contributed by atoms with Crippen molar-refractivity contribution >= 4 is 29.0 Å². The highest BCUT2D eigenvalue weighted by molar-refractivity contribution is 6.33. The SMILES string of the molecule is CC(C)(C)c1n[nH]c(CC(=Nc2ccc(F)cc2Cl)NC(=O)c2ccc(C(F)(F)F)cc2)c1F. The molecule has 0 aliphatic carbocycles. The van der Waals surface area contributed by atoms with E-state index in [9.17, 15) is 26.7 Å². The van der Waals surface area contributed by atoms with Crippen molar-refractivity contribution < 1.29 is 26.7 Å². The molecule has 0 saturated carbocycles. The van der Waals surface area contributed by atoms with Gasteiger partial charge in [-0.05, 0) is 42.5 Å². The van der Waals surface area contributed by atoms with Crippen molar-refractivity contribution in [3.05, 3.63) is 81.6 Å². The highest BCUT2D eigenvalue weighted by Crippen LogP contribution is 2.30. The lowest BCUT2D eigenvalue weighted by atomic mass is 9.91. The van der Waals surface area contributed by atoms with Crippen LogP contribution in [0.4, 0.5) is 27.6 Å². The number of hydrogen-bond acceptors (Lipinski definition) is 3. The van der Waals surface area contributed by atoms with E-state index in [-0.39, 0.29) is 39.9 Å². The lowest BCUT2D eigenvalue weighted by molar-refractivity contribution is -0.137. The summed E-state index contributed by atoms with van der Waals surface area (Å²) in [5, 5.41) is 8.99. The maximum atomic E-state index is 14.9. The summed E-state index contributed by atoms with van der Waals surface area (Å²) in [6.07, 6.45) is -4.81. The second-order valence-corrected chi connectivity index (χ2v) is 8.88. The predicted octanol–water partition coefficient (Wildman–Crippen LogP) is 6.36. The summed E-state index contributed by atoms with van der Waals surface area (Å²) in [4.78, 5) is 16.9. The molecule has 5 nitrogen and oxygen atoms in total. The molecule has 11 heteroatoms. The first-order valence-corrected chi connectivity index (χ1v) is 10.4. The molecule has 0 aliphatic heterocycles. The highest BCUT2D eigenvalue weighted by Gasteiger charge is 2.30. The molecule has 180 valence electrons. The zero-order chi connectivity index (χ0) is 25.3. The number of halogens is 6. The van der Waals surface area contributed by atoms with Crippen LogP contribution >= 0.6 is 11.6 Å².